The van der Waals surface area contributed by atoms with Crippen molar-refractivity contribution >= 4 is 52.0 Å². The molecule has 4 aromatic carbocycles. The lowest BCUT2D eigenvalue weighted by Crippen LogP contribution is -2.51. The van der Waals surface area contributed by atoms with Crippen LogP contribution in [-0.4, -0.2) is 69.4 Å². The molecular weight excluding hydrogens is 658 g/mol. The molecule has 272 valence electrons. The lowest BCUT2D eigenvalue weighted by Gasteiger charge is -2.22. The number of carbonyl (C=O) groups is 3. The predicted molar refractivity (Wildman–Crippen MR) is 207 cm³/mol. The number of guanidine groups is 1. The molecule has 0 aromatic heterocycles. The average Bonchev–Trinajstić information content (AvgIpc) is 3.17. The van der Waals surface area contributed by atoms with E-state index in [1.165, 1.54) is 13.2 Å². The second kappa shape index (κ2) is 20.0. The third-order valence-corrected chi connectivity index (χ3v) is 8.42. The number of nitrogens with one attached hydrogen (secondary N) is 4. The highest BCUT2D eigenvalue weighted by molar-refractivity contribution is 6.09. The Kier molecular flexibility index (Phi) is 14.9. The number of rotatable bonds is 20. The van der Waals surface area contributed by atoms with Crippen LogP contribution < -0.4 is 25.4 Å². The average molecular weight is 706 g/mol. The van der Waals surface area contributed by atoms with Gasteiger partial charge in [-0.05, 0) is 72.5 Å². The van der Waals surface area contributed by atoms with Gasteiger partial charge in [0.05, 0.1) is 13.7 Å². The molecule has 0 heterocycles. The standard InChI is InChI=1S/C41H47N5O6/c1-5-14-33(40(49)50-4)46-39(48)32(19-11-12-25-44-41(42)43-3)45-36(47)20-13-27-52-35-24-22-29-16-8-10-18-31(29)38(35)37-30-17-9-7-15-28(30)21-23-34(37)51-26-6-2/h5-10,15-18,21-24,32-33H,1-3,11-14,19-20,25-27H2,4H3,(H2,42,44)(H,45,47)(H,46,48)/t32-,33+/m1/s1. The van der Waals surface area contributed by atoms with E-state index in [2.05, 4.69) is 65.1 Å². The maximum atomic E-state index is 13.3. The fourth-order valence-corrected chi connectivity index (χ4v) is 5.89. The third-order valence-electron chi connectivity index (χ3n) is 8.42. The van der Waals surface area contributed by atoms with Crippen molar-refractivity contribution in [1.29, 1.82) is 5.41 Å². The van der Waals surface area contributed by atoms with Crippen molar-refractivity contribution in [2.45, 2.75) is 50.6 Å². The molecule has 0 unspecified atom stereocenters. The van der Waals surface area contributed by atoms with Gasteiger partial charge in [0, 0.05) is 24.1 Å². The van der Waals surface area contributed by atoms with Gasteiger partial charge in [-0.2, -0.15) is 0 Å². The molecule has 0 radical (unpaired) electrons. The number of hydrogen-bond acceptors (Lipinski definition) is 7. The van der Waals surface area contributed by atoms with Gasteiger partial charge in [-0.15, -0.1) is 6.58 Å². The predicted octanol–water partition coefficient (Wildman–Crippen LogP) is 6.50. The van der Waals surface area contributed by atoms with Crippen LogP contribution in [0.1, 0.15) is 38.5 Å². The first-order chi connectivity index (χ1) is 25.3. The van der Waals surface area contributed by atoms with Crippen LogP contribution in [0.5, 0.6) is 11.5 Å². The Labute approximate surface area is 304 Å². The fraction of sp³-hybridized carbons (Fsp3) is 0.293. The van der Waals surface area contributed by atoms with E-state index in [1.54, 1.807) is 6.08 Å². The number of benzene rings is 4. The van der Waals surface area contributed by atoms with E-state index in [4.69, 9.17) is 19.6 Å². The summed E-state index contributed by atoms with van der Waals surface area (Å²) in [6, 6.07) is 22.4. The number of carbonyl (C=O) groups excluding carboxylic acids is 3. The summed E-state index contributed by atoms with van der Waals surface area (Å²) in [4.78, 5) is 42.3. The van der Waals surface area contributed by atoms with Gasteiger partial charge in [0.25, 0.3) is 0 Å². The number of nitrogens with zero attached hydrogens (tertiary/aromatic N) is 1. The van der Waals surface area contributed by atoms with Crippen molar-refractivity contribution in [1.82, 2.24) is 16.0 Å². The first-order valence-corrected chi connectivity index (χ1v) is 17.3. The Balaban J connectivity index is 1.49. The van der Waals surface area contributed by atoms with Crippen LogP contribution in [0.15, 0.2) is 103 Å². The first kappa shape index (κ1) is 38.8. The molecule has 4 aromatic rings. The van der Waals surface area contributed by atoms with Crippen LogP contribution >= 0.6 is 0 Å². The highest BCUT2D eigenvalue weighted by Crippen LogP contribution is 2.45. The molecule has 4 rings (SSSR count). The van der Waals surface area contributed by atoms with Crippen molar-refractivity contribution in [2.24, 2.45) is 4.99 Å². The molecule has 0 fully saturated rings. The van der Waals surface area contributed by atoms with Crippen molar-refractivity contribution in [3.63, 3.8) is 0 Å². The first-order valence-electron chi connectivity index (χ1n) is 17.3. The van der Waals surface area contributed by atoms with E-state index in [0.717, 1.165) is 32.7 Å². The molecule has 11 nitrogen and oxygen atoms in total. The van der Waals surface area contributed by atoms with Crippen molar-refractivity contribution in [3.05, 3.63) is 98.1 Å². The highest BCUT2D eigenvalue weighted by Gasteiger charge is 2.26. The van der Waals surface area contributed by atoms with Crippen molar-refractivity contribution in [2.75, 3.05) is 26.9 Å². The van der Waals surface area contributed by atoms with Crippen LogP contribution in [-0.2, 0) is 19.1 Å². The minimum atomic E-state index is -0.927. The summed E-state index contributed by atoms with van der Waals surface area (Å²) in [7, 11) is 1.24. The monoisotopic (exact) mass is 705 g/mol. The van der Waals surface area contributed by atoms with Crippen LogP contribution in [0.4, 0.5) is 0 Å². The van der Waals surface area contributed by atoms with E-state index in [9.17, 15) is 14.4 Å². The molecule has 0 saturated carbocycles. The smallest absolute Gasteiger partial charge is 0.328 e. The van der Waals surface area contributed by atoms with Crippen LogP contribution in [0, 0.1) is 5.41 Å². The highest BCUT2D eigenvalue weighted by atomic mass is 16.5. The van der Waals surface area contributed by atoms with Gasteiger partial charge in [-0.1, -0.05) is 79.4 Å². The Hall–Kier alpha value is -5.97. The zero-order chi connectivity index (χ0) is 37.3. The molecule has 2 amide bonds. The minimum Gasteiger partial charge on any atom is -0.493 e. The van der Waals surface area contributed by atoms with Crippen LogP contribution in [0.3, 0.4) is 0 Å². The van der Waals surface area contributed by atoms with Crippen LogP contribution in [0.2, 0.25) is 0 Å². The van der Waals surface area contributed by atoms with Crippen molar-refractivity contribution in [3.8, 4) is 22.6 Å². The van der Waals surface area contributed by atoms with Gasteiger partial charge in [-0.3, -0.25) is 15.0 Å². The van der Waals surface area contributed by atoms with Crippen LogP contribution in [0.25, 0.3) is 32.7 Å². The SMILES string of the molecule is C=CCOc1ccc2ccccc2c1-c1c(OCCCC(=O)N[C@H](CCCCNC(=N)N=C)C(=O)N[C@@H](CC=C)C(=O)OC)ccc2ccccc12. The lowest BCUT2D eigenvalue weighted by atomic mass is 9.92. The number of hydrogen-bond donors (Lipinski definition) is 4. The summed E-state index contributed by atoms with van der Waals surface area (Å²) in [5.74, 6) is -0.111. The molecule has 0 saturated heterocycles. The largest absolute Gasteiger partial charge is 0.493 e. The molecule has 0 aliphatic heterocycles. The minimum absolute atomic E-state index is 0.0374. The number of methoxy groups -OCH3 is 1. The second-order valence-electron chi connectivity index (χ2n) is 12.0. The number of fused-ring (bicyclic) bond motifs is 2. The quantitative estimate of drug-likeness (QED) is 0.0270. The van der Waals surface area contributed by atoms with E-state index < -0.39 is 24.0 Å². The maximum Gasteiger partial charge on any atom is 0.328 e. The van der Waals surface area contributed by atoms with Gasteiger partial charge in [0.1, 0.15) is 30.2 Å². The molecule has 52 heavy (non-hydrogen) atoms. The van der Waals surface area contributed by atoms with Gasteiger partial charge in [0.2, 0.25) is 17.8 Å². The molecule has 0 aliphatic rings. The number of ether oxygens (including phenoxy) is 3. The Bertz CT molecular complexity index is 1910. The summed E-state index contributed by atoms with van der Waals surface area (Å²) in [5, 5.41) is 20.0. The zero-order valence-electron chi connectivity index (χ0n) is 29.6. The van der Waals surface area contributed by atoms with Gasteiger partial charge in [-0.25, -0.2) is 9.79 Å². The Morgan fingerprint density at radius 3 is 2.04 bits per heavy atom. The fourth-order valence-electron chi connectivity index (χ4n) is 5.89. The Morgan fingerprint density at radius 1 is 0.808 bits per heavy atom. The summed E-state index contributed by atoms with van der Waals surface area (Å²) in [6.07, 6.45) is 5.37. The number of amides is 2. The number of unbranched alkanes of at least 4 members (excludes halogenated alkanes) is 1. The maximum absolute atomic E-state index is 13.3. The summed E-state index contributed by atoms with van der Waals surface area (Å²) in [6.45, 7) is 11.8. The van der Waals surface area contributed by atoms with E-state index in [1.807, 2.05) is 48.5 Å². The normalized spacial score (nSPS) is 11.9. The molecule has 0 bridgehead atoms. The topological polar surface area (TPSA) is 151 Å². The molecular formula is C41H47N5O6. The second-order valence-corrected chi connectivity index (χ2v) is 12.0. The summed E-state index contributed by atoms with van der Waals surface area (Å²) < 4.78 is 17.4. The number of aliphatic imine (C=N–C) groups is 1. The molecule has 0 spiro atoms. The van der Waals surface area contributed by atoms with Gasteiger partial charge in [0.15, 0.2) is 0 Å². The van der Waals surface area contributed by atoms with E-state index in [0.29, 0.717) is 50.3 Å². The number of esters is 1. The summed E-state index contributed by atoms with van der Waals surface area (Å²) >= 11 is 0. The molecule has 11 heteroatoms. The molecule has 0 aliphatic carbocycles. The van der Waals surface area contributed by atoms with E-state index in [-0.39, 0.29) is 31.3 Å². The van der Waals surface area contributed by atoms with Gasteiger partial charge >= 0.3 is 5.97 Å². The lowest BCUT2D eigenvalue weighted by molar-refractivity contribution is -0.145. The zero-order valence-corrected chi connectivity index (χ0v) is 29.6. The summed E-state index contributed by atoms with van der Waals surface area (Å²) in [5.41, 5.74) is 1.80. The van der Waals surface area contributed by atoms with E-state index >= 15 is 0 Å². The van der Waals surface area contributed by atoms with Gasteiger partial charge < -0.3 is 30.2 Å². The Morgan fingerprint density at radius 2 is 1.44 bits per heavy atom. The third kappa shape index (κ3) is 10.5. The molecule has 2 atom stereocenters. The molecule has 4 N–H and O–H groups in total. The van der Waals surface area contributed by atoms with Crippen molar-refractivity contribution < 1.29 is 28.6 Å².